The first-order chi connectivity index (χ1) is 10.6. The van der Waals surface area contributed by atoms with Crippen LogP contribution in [0.5, 0.6) is 0 Å². The largest absolute Gasteiger partial charge is 0.444 e. The van der Waals surface area contributed by atoms with Crippen LogP contribution in [-0.4, -0.2) is 24.3 Å². The quantitative estimate of drug-likeness (QED) is 0.829. The van der Waals surface area contributed by atoms with Gasteiger partial charge in [-0.1, -0.05) is 12.1 Å². The monoisotopic (exact) mass is 324 g/mol. The Balaban J connectivity index is 2.35. The van der Waals surface area contributed by atoms with Crippen LogP contribution in [0.3, 0.4) is 0 Å². The summed E-state index contributed by atoms with van der Waals surface area (Å²) >= 11 is 0. The first-order valence-corrected chi connectivity index (χ1v) is 8.07. The van der Waals surface area contributed by atoms with Gasteiger partial charge in [0.15, 0.2) is 0 Å². The van der Waals surface area contributed by atoms with Crippen molar-refractivity contribution in [2.75, 3.05) is 6.54 Å². The van der Waals surface area contributed by atoms with Crippen LogP contribution in [0.2, 0.25) is 0 Å². The molecule has 1 aromatic rings. The van der Waals surface area contributed by atoms with Crippen LogP contribution < -0.4 is 10.6 Å². The SMILES string of the molecule is Cc1ccc(C(C)NCCC(C)NC(=O)OC(C)(C)C)cc1F. The number of halogens is 1. The maximum atomic E-state index is 13.6. The van der Waals surface area contributed by atoms with Gasteiger partial charge in [0.25, 0.3) is 0 Å². The average molecular weight is 324 g/mol. The third-order valence-corrected chi connectivity index (χ3v) is 3.49. The number of nitrogens with one attached hydrogen (secondary N) is 2. The molecule has 0 saturated heterocycles. The summed E-state index contributed by atoms with van der Waals surface area (Å²) < 4.78 is 18.8. The van der Waals surface area contributed by atoms with E-state index in [4.69, 9.17) is 4.74 Å². The molecule has 0 saturated carbocycles. The molecule has 1 amide bonds. The van der Waals surface area contributed by atoms with E-state index < -0.39 is 11.7 Å². The van der Waals surface area contributed by atoms with Crippen molar-refractivity contribution in [3.05, 3.63) is 35.1 Å². The lowest BCUT2D eigenvalue weighted by Gasteiger charge is -2.22. The minimum absolute atomic E-state index is 0.000645. The summed E-state index contributed by atoms with van der Waals surface area (Å²) in [6, 6.07) is 5.33. The van der Waals surface area contributed by atoms with Crippen molar-refractivity contribution < 1.29 is 13.9 Å². The second kappa shape index (κ2) is 8.29. The molecule has 0 radical (unpaired) electrons. The van der Waals surface area contributed by atoms with Gasteiger partial charge in [-0.2, -0.15) is 0 Å². The van der Waals surface area contributed by atoms with Crippen molar-refractivity contribution >= 4 is 6.09 Å². The molecule has 2 N–H and O–H groups in total. The summed E-state index contributed by atoms with van der Waals surface area (Å²) in [5.41, 5.74) is 1.07. The van der Waals surface area contributed by atoms with Crippen LogP contribution >= 0.6 is 0 Å². The van der Waals surface area contributed by atoms with E-state index >= 15 is 0 Å². The highest BCUT2D eigenvalue weighted by Crippen LogP contribution is 2.16. The lowest BCUT2D eigenvalue weighted by atomic mass is 10.1. The van der Waals surface area contributed by atoms with Gasteiger partial charge in [-0.15, -0.1) is 0 Å². The van der Waals surface area contributed by atoms with E-state index in [1.165, 1.54) is 0 Å². The second-order valence-electron chi connectivity index (χ2n) is 7.02. The number of benzene rings is 1. The molecule has 0 aromatic heterocycles. The molecule has 0 spiro atoms. The van der Waals surface area contributed by atoms with Gasteiger partial charge in [-0.25, -0.2) is 9.18 Å². The Kier molecular flexibility index (Phi) is 7.01. The van der Waals surface area contributed by atoms with Crippen molar-refractivity contribution in [2.45, 2.75) is 65.6 Å². The molecule has 0 heterocycles. The Labute approximate surface area is 138 Å². The number of amides is 1. The molecular formula is C18H29FN2O2. The number of hydrogen-bond acceptors (Lipinski definition) is 3. The van der Waals surface area contributed by atoms with Gasteiger partial charge in [0.05, 0.1) is 0 Å². The Bertz CT molecular complexity index is 526. The Hall–Kier alpha value is -1.62. The van der Waals surface area contributed by atoms with E-state index in [0.717, 1.165) is 12.0 Å². The molecule has 0 aliphatic rings. The van der Waals surface area contributed by atoms with E-state index in [1.807, 2.05) is 40.7 Å². The zero-order chi connectivity index (χ0) is 17.6. The van der Waals surface area contributed by atoms with Crippen molar-refractivity contribution in [2.24, 2.45) is 0 Å². The molecule has 0 bridgehead atoms. The van der Waals surface area contributed by atoms with E-state index in [0.29, 0.717) is 12.1 Å². The van der Waals surface area contributed by atoms with Gasteiger partial charge in [0.1, 0.15) is 11.4 Å². The van der Waals surface area contributed by atoms with Gasteiger partial charge in [-0.05, 0) is 71.7 Å². The number of hydrogen-bond donors (Lipinski definition) is 2. The molecule has 5 heteroatoms. The van der Waals surface area contributed by atoms with Crippen LogP contribution in [0.25, 0.3) is 0 Å². The summed E-state index contributed by atoms with van der Waals surface area (Å²) in [7, 11) is 0. The van der Waals surface area contributed by atoms with Gasteiger partial charge < -0.3 is 15.4 Å². The topological polar surface area (TPSA) is 50.4 Å². The fraction of sp³-hybridized carbons (Fsp3) is 0.611. The minimum Gasteiger partial charge on any atom is -0.444 e. The number of carbonyl (C=O) groups is 1. The Morgan fingerprint density at radius 2 is 1.96 bits per heavy atom. The number of aryl methyl sites for hydroxylation is 1. The normalized spacial score (nSPS) is 14.2. The highest BCUT2D eigenvalue weighted by Gasteiger charge is 2.17. The molecule has 0 fully saturated rings. The predicted molar refractivity (Wildman–Crippen MR) is 91.0 cm³/mol. The summed E-state index contributed by atoms with van der Waals surface area (Å²) in [6.45, 7) is 11.9. The lowest BCUT2D eigenvalue weighted by Crippen LogP contribution is -2.39. The van der Waals surface area contributed by atoms with Crippen molar-refractivity contribution in [3.63, 3.8) is 0 Å². The van der Waals surface area contributed by atoms with Crippen LogP contribution in [0.1, 0.15) is 58.2 Å². The summed E-state index contributed by atoms with van der Waals surface area (Å²) in [5.74, 6) is -0.184. The Morgan fingerprint density at radius 3 is 2.52 bits per heavy atom. The third-order valence-electron chi connectivity index (χ3n) is 3.49. The smallest absolute Gasteiger partial charge is 0.407 e. The van der Waals surface area contributed by atoms with E-state index in [1.54, 1.807) is 19.1 Å². The van der Waals surface area contributed by atoms with E-state index in [2.05, 4.69) is 10.6 Å². The van der Waals surface area contributed by atoms with Crippen LogP contribution in [-0.2, 0) is 4.74 Å². The number of carbonyl (C=O) groups excluding carboxylic acids is 1. The molecule has 0 aliphatic carbocycles. The first-order valence-electron chi connectivity index (χ1n) is 8.07. The molecule has 1 rings (SSSR count). The highest BCUT2D eigenvalue weighted by molar-refractivity contribution is 5.67. The second-order valence-corrected chi connectivity index (χ2v) is 7.02. The molecule has 0 aliphatic heterocycles. The molecule has 4 nitrogen and oxygen atoms in total. The average Bonchev–Trinajstić information content (AvgIpc) is 2.39. The number of rotatable bonds is 6. The van der Waals surface area contributed by atoms with Crippen LogP contribution in [0, 0.1) is 12.7 Å². The van der Waals surface area contributed by atoms with Gasteiger partial charge in [0.2, 0.25) is 0 Å². The standard InChI is InChI=1S/C18H29FN2O2/c1-12-7-8-15(11-16(12)19)14(3)20-10-9-13(2)21-17(22)23-18(4,5)6/h7-8,11,13-14,20H,9-10H2,1-6H3,(H,21,22). The maximum Gasteiger partial charge on any atom is 0.407 e. The number of ether oxygens (including phenoxy) is 1. The summed E-state index contributed by atoms with van der Waals surface area (Å²) in [6.07, 6.45) is 0.358. The molecule has 130 valence electrons. The molecule has 2 atom stereocenters. The molecule has 1 aromatic carbocycles. The fourth-order valence-electron chi connectivity index (χ4n) is 2.09. The van der Waals surface area contributed by atoms with Crippen molar-refractivity contribution in [1.82, 2.24) is 10.6 Å². The highest BCUT2D eigenvalue weighted by atomic mass is 19.1. The Morgan fingerprint density at radius 1 is 1.30 bits per heavy atom. The zero-order valence-corrected chi connectivity index (χ0v) is 15.0. The van der Waals surface area contributed by atoms with Crippen molar-refractivity contribution in [3.8, 4) is 0 Å². The fourth-order valence-corrected chi connectivity index (χ4v) is 2.09. The lowest BCUT2D eigenvalue weighted by molar-refractivity contribution is 0.0506. The minimum atomic E-state index is -0.494. The van der Waals surface area contributed by atoms with Gasteiger partial charge >= 0.3 is 6.09 Å². The van der Waals surface area contributed by atoms with Gasteiger partial charge in [-0.3, -0.25) is 0 Å². The van der Waals surface area contributed by atoms with Crippen LogP contribution in [0.15, 0.2) is 18.2 Å². The van der Waals surface area contributed by atoms with Crippen molar-refractivity contribution in [1.29, 1.82) is 0 Å². The molecule has 23 heavy (non-hydrogen) atoms. The summed E-state index contributed by atoms with van der Waals surface area (Å²) in [4.78, 5) is 11.7. The third kappa shape index (κ3) is 7.46. The maximum absolute atomic E-state index is 13.6. The first kappa shape index (κ1) is 19.4. The van der Waals surface area contributed by atoms with Crippen LogP contribution in [0.4, 0.5) is 9.18 Å². The number of alkyl carbamates (subject to hydrolysis) is 1. The molecule has 2 unspecified atom stereocenters. The summed E-state index contributed by atoms with van der Waals surface area (Å²) in [5, 5.41) is 6.14. The predicted octanol–water partition coefficient (Wildman–Crippen LogP) is 4.09. The van der Waals surface area contributed by atoms with E-state index in [9.17, 15) is 9.18 Å². The molecular weight excluding hydrogens is 295 g/mol. The van der Waals surface area contributed by atoms with Gasteiger partial charge in [0, 0.05) is 12.1 Å². The zero-order valence-electron chi connectivity index (χ0n) is 15.0. The van der Waals surface area contributed by atoms with E-state index in [-0.39, 0.29) is 17.9 Å².